The zero-order valence-corrected chi connectivity index (χ0v) is 12.6. The van der Waals surface area contributed by atoms with E-state index in [-0.39, 0.29) is 25.8 Å². The fourth-order valence-electron chi connectivity index (χ4n) is 1.75. The van der Waals surface area contributed by atoms with Gasteiger partial charge in [0.05, 0.1) is 12.1 Å². The Bertz CT molecular complexity index is 377. The van der Waals surface area contributed by atoms with Crippen molar-refractivity contribution < 1.29 is 29.7 Å². The van der Waals surface area contributed by atoms with Crippen LogP contribution in [0.3, 0.4) is 0 Å². The van der Waals surface area contributed by atoms with Gasteiger partial charge in [-0.1, -0.05) is 0 Å². The summed E-state index contributed by atoms with van der Waals surface area (Å²) in [4.78, 5) is 34.8. The Hall–Kier alpha value is -1.83. The largest absolute Gasteiger partial charge is 0.481 e. The van der Waals surface area contributed by atoms with Gasteiger partial charge in [0.15, 0.2) is 0 Å². The van der Waals surface area contributed by atoms with Crippen LogP contribution in [-0.2, 0) is 9.59 Å². The van der Waals surface area contributed by atoms with Gasteiger partial charge in [0.2, 0.25) is 0 Å². The number of aliphatic hydroxyl groups is 1. The SMILES string of the molecule is CCN(CC(C)(C)O)C(=O)N[C@H](CCCC(=O)O)C(=O)O. The normalized spacial score (nSPS) is 12.6. The molecule has 21 heavy (non-hydrogen) atoms. The van der Waals surface area contributed by atoms with E-state index in [0.29, 0.717) is 6.54 Å². The number of aliphatic carboxylic acids is 2. The average Bonchev–Trinajstić information content (AvgIpc) is 2.32. The van der Waals surface area contributed by atoms with E-state index in [1.54, 1.807) is 20.8 Å². The number of urea groups is 1. The highest BCUT2D eigenvalue weighted by Crippen LogP contribution is 2.07. The van der Waals surface area contributed by atoms with Crippen LogP contribution in [0.5, 0.6) is 0 Å². The number of carboxylic acid groups (broad SMARTS) is 2. The minimum absolute atomic E-state index is 0.0352. The molecule has 0 aliphatic carbocycles. The summed E-state index contributed by atoms with van der Waals surface area (Å²) >= 11 is 0. The number of carboxylic acids is 2. The molecule has 0 spiro atoms. The predicted molar refractivity (Wildman–Crippen MR) is 75.0 cm³/mol. The van der Waals surface area contributed by atoms with Gasteiger partial charge in [-0.15, -0.1) is 0 Å². The molecule has 0 aromatic heterocycles. The maximum Gasteiger partial charge on any atom is 0.326 e. The molecule has 0 unspecified atom stereocenters. The fraction of sp³-hybridized carbons (Fsp3) is 0.769. The Balaban J connectivity index is 4.57. The van der Waals surface area contributed by atoms with Gasteiger partial charge in [0.1, 0.15) is 6.04 Å². The molecule has 4 N–H and O–H groups in total. The van der Waals surface area contributed by atoms with Gasteiger partial charge < -0.3 is 25.5 Å². The Kier molecular flexibility index (Phi) is 7.72. The second kappa shape index (κ2) is 8.46. The Morgan fingerprint density at radius 1 is 1.24 bits per heavy atom. The number of carbonyl (C=O) groups excluding carboxylic acids is 1. The van der Waals surface area contributed by atoms with Gasteiger partial charge in [0.25, 0.3) is 0 Å². The Morgan fingerprint density at radius 3 is 2.19 bits per heavy atom. The van der Waals surface area contributed by atoms with Gasteiger partial charge in [0, 0.05) is 13.0 Å². The highest BCUT2D eigenvalue weighted by atomic mass is 16.4. The first-order valence-corrected chi connectivity index (χ1v) is 6.79. The molecule has 8 heteroatoms. The van der Waals surface area contributed by atoms with Crippen LogP contribution < -0.4 is 5.32 Å². The summed E-state index contributed by atoms with van der Waals surface area (Å²) in [6.07, 6.45) is 0.0401. The lowest BCUT2D eigenvalue weighted by Crippen LogP contribution is -2.51. The molecule has 0 saturated heterocycles. The van der Waals surface area contributed by atoms with Crippen LogP contribution in [0.25, 0.3) is 0 Å². The first-order chi connectivity index (χ1) is 9.56. The summed E-state index contributed by atoms with van der Waals surface area (Å²) in [6.45, 7) is 5.19. The summed E-state index contributed by atoms with van der Waals surface area (Å²) in [5.74, 6) is -2.23. The topological polar surface area (TPSA) is 127 Å². The summed E-state index contributed by atoms with van der Waals surface area (Å²) < 4.78 is 0. The van der Waals surface area contributed by atoms with Crippen molar-refractivity contribution >= 4 is 18.0 Å². The summed E-state index contributed by atoms with van der Waals surface area (Å²) in [5.41, 5.74) is -1.09. The average molecular weight is 304 g/mol. The molecule has 0 aromatic rings. The molecule has 0 saturated carbocycles. The number of hydrogen-bond donors (Lipinski definition) is 4. The fourth-order valence-corrected chi connectivity index (χ4v) is 1.75. The second-order valence-corrected chi connectivity index (χ2v) is 5.45. The van der Waals surface area contributed by atoms with Crippen molar-refractivity contribution in [2.24, 2.45) is 0 Å². The zero-order valence-electron chi connectivity index (χ0n) is 12.6. The van der Waals surface area contributed by atoms with Crippen LogP contribution in [0.4, 0.5) is 4.79 Å². The van der Waals surface area contributed by atoms with E-state index in [0.717, 1.165) is 0 Å². The molecule has 0 fully saturated rings. The van der Waals surface area contributed by atoms with E-state index in [1.807, 2.05) is 0 Å². The third-order valence-electron chi connectivity index (χ3n) is 2.73. The molecule has 0 bridgehead atoms. The molecule has 122 valence electrons. The van der Waals surface area contributed by atoms with Gasteiger partial charge in [-0.25, -0.2) is 9.59 Å². The van der Waals surface area contributed by atoms with Crippen LogP contribution in [0, 0.1) is 0 Å². The smallest absolute Gasteiger partial charge is 0.326 e. The minimum atomic E-state index is -1.21. The highest BCUT2D eigenvalue weighted by Gasteiger charge is 2.25. The molecular formula is C13H24N2O6. The number of carbonyl (C=O) groups is 3. The standard InChI is InChI=1S/C13H24N2O6/c1-4-15(8-13(2,3)21)12(20)14-9(11(18)19)6-5-7-10(16)17/h9,21H,4-8H2,1-3H3,(H,14,20)(H,16,17)(H,18,19)/t9-/m1/s1. The summed E-state index contributed by atoms with van der Waals surface area (Å²) in [6, 6.07) is -1.74. The lowest BCUT2D eigenvalue weighted by molar-refractivity contribution is -0.140. The summed E-state index contributed by atoms with van der Waals surface area (Å²) in [5, 5.41) is 29.6. The van der Waals surface area contributed by atoms with E-state index >= 15 is 0 Å². The van der Waals surface area contributed by atoms with Gasteiger partial charge in [-0.3, -0.25) is 4.79 Å². The van der Waals surface area contributed by atoms with E-state index in [1.165, 1.54) is 4.90 Å². The Labute approximate surface area is 123 Å². The number of likely N-dealkylation sites (N-methyl/N-ethyl adjacent to an activating group) is 1. The molecule has 8 nitrogen and oxygen atoms in total. The van der Waals surface area contributed by atoms with E-state index in [2.05, 4.69) is 5.32 Å². The minimum Gasteiger partial charge on any atom is -0.481 e. The van der Waals surface area contributed by atoms with Crippen molar-refractivity contribution in [1.29, 1.82) is 0 Å². The maximum absolute atomic E-state index is 12.0. The quantitative estimate of drug-likeness (QED) is 0.491. The van der Waals surface area contributed by atoms with Gasteiger partial charge >= 0.3 is 18.0 Å². The van der Waals surface area contributed by atoms with Crippen LogP contribution in [0.15, 0.2) is 0 Å². The van der Waals surface area contributed by atoms with E-state index in [9.17, 15) is 19.5 Å². The molecule has 0 rings (SSSR count). The first kappa shape index (κ1) is 19.2. The first-order valence-electron chi connectivity index (χ1n) is 6.79. The number of rotatable bonds is 9. The number of nitrogens with zero attached hydrogens (tertiary/aromatic N) is 1. The molecule has 0 radical (unpaired) electrons. The van der Waals surface area contributed by atoms with Crippen LogP contribution in [-0.4, -0.2) is 62.9 Å². The Morgan fingerprint density at radius 2 is 1.81 bits per heavy atom. The van der Waals surface area contributed by atoms with Crippen LogP contribution in [0.2, 0.25) is 0 Å². The van der Waals surface area contributed by atoms with Crippen molar-refractivity contribution in [3.63, 3.8) is 0 Å². The molecule has 0 aromatic carbocycles. The van der Waals surface area contributed by atoms with Crippen molar-refractivity contribution in [2.45, 2.75) is 51.7 Å². The lowest BCUT2D eigenvalue weighted by Gasteiger charge is -2.29. The van der Waals surface area contributed by atoms with E-state index in [4.69, 9.17) is 10.2 Å². The zero-order chi connectivity index (χ0) is 16.6. The summed E-state index contributed by atoms with van der Waals surface area (Å²) in [7, 11) is 0. The molecule has 1 atom stereocenters. The van der Waals surface area contributed by atoms with Gasteiger partial charge in [-0.05, 0) is 33.6 Å². The van der Waals surface area contributed by atoms with Crippen molar-refractivity contribution in [1.82, 2.24) is 10.2 Å². The van der Waals surface area contributed by atoms with Crippen LogP contribution in [0.1, 0.15) is 40.0 Å². The second-order valence-electron chi connectivity index (χ2n) is 5.45. The van der Waals surface area contributed by atoms with Crippen molar-refractivity contribution in [2.75, 3.05) is 13.1 Å². The lowest BCUT2D eigenvalue weighted by atomic mass is 10.1. The highest BCUT2D eigenvalue weighted by molar-refractivity contribution is 5.82. The van der Waals surface area contributed by atoms with E-state index < -0.39 is 29.6 Å². The van der Waals surface area contributed by atoms with Crippen molar-refractivity contribution in [3.8, 4) is 0 Å². The number of amides is 2. The van der Waals surface area contributed by atoms with Crippen molar-refractivity contribution in [3.05, 3.63) is 0 Å². The number of nitrogens with one attached hydrogen (secondary N) is 1. The third kappa shape index (κ3) is 8.85. The maximum atomic E-state index is 12.0. The monoisotopic (exact) mass is 304 g/mol. The molecule has 0 heterocycles. The molecule has 0 aliphatic rings. The van der Waals surface area contributed by atoms with Crippen LogP contribution >= 0.6 is 0 Å². The molecular weight excluding hydrogens is 280 g/mol. The predicted octanol–water partition coefficient (Wildman–Crippen LogP) is 0.497. The van der Waals surface area contributed by atoms with Gasteiger partial charge in [-0.2, -0.15) is 0 Å². The molecule has 2 amide bonds. The number of hydrogen-bond acceptors (Lipinski definition) is 4. The third-order valence-corrected chi connectivity index (χ3v) is 2.73. The molecule has 0 aliphatic heterocycles.